The van der Waals surface area contributed by atoms with Gasteiger partial charge in [-0.25, -0.2) is 0 Å². The van der Waals surface area contributed by atoms with Crippen LogP contribution in [0.2, 0.25) is 0 Å². The average molecular weight is 335 g/mol. The first kappa shape index (κ1) is 18.2. The molecule has 1 saturated heterocycles. The van der Waals surface area contributed by atoms with Crippen LogP contribution in [0.3, 0.4) is 0 Å². The van der Waals surface area contributed by atoms with Crippen LogP contribution in [0.5, 0.6) is 0 Å². The van der Waals surface area contributed by atoms with Crippen molar-refractivity contribution in [1.82, 2.24) is 15.0 Å². The SMILES string of the molecule is CC(c1nc(C(C)(C)C)no1)N1CCC(C(O)C(F)(F)F)CC1. The summed E-state index contributed by atoms with van der Waals surface area (Å²) in [6.07, 6.45) is -6.20. The summed E-state index contributed by atoms with van der Waals surface area (Å²) in [6.45, 7) is 8.78. The number of hydrogen-bond acceptors (Lipinski definition) is 5. The van der Waals surface area contributed by atoms with Crippen LogP contribution in [0.15, 0.2) is 4.52 Å². The van der Waals surface area contributed by atoms with Crippen LogP contribution in [0.25, 0.3) is 0 Å². The molecule has 0 bridgehead atoms. The number of piperidine rings is 1. The lowest BCUT2D eigenvalue weighted by Gasteiger charge is -2.36. The molecular weight excluding hydrogens is 311 g/mol. The highest BCUT2D eigenvalue weighted by Gasteiger charge is 2.44. The highest BCUT2D eigenvalue weighted by atomic mass is 19.4. The molecular formula is C15H24F3N3O2. The molecule has 23 heavy (non-hydrogen) atoms. The molecule has 1 aliphatic heterocycles. The second-order valence-corrected chi connectivity index (χ2v) is 7.24. The van der Waals surface area contributed by atoms with Crippen LogP contribution in [0.4, 0.5) is 13.2 Å². The molecule has 0 saturated carbocycles. The lowest BCUT2D eigenvalue weighted by Crippen LogP contribution is -2.44. The van der Waals surface area contributed by atoms with Gasteiger partial charge in [0.25, 0.3) is 0 Å². The predicted molar refractivity (Wildman–Crippen MR) is 77.8 cm³/mol. The highest BCUT2D eigenvalue weighted by Crippen LogP contribution is 2.34. The molecule has 0 radical (unpaired) electrons. The Morgan fingerprint density at radius 1 is 1.22 bits per heavy atom. The van der Waals surface area contributed by atoms with E-state index in [1.54, 1.807) is 0 Å². The molecule has 0 aliphatic carbocycles. The van der Waals surface area contributed by atoms with Gasteiger partial charge in [-0.3, -0.25) is 4.90 Å². The fraction of sp³-hybridized carbons (Fsp3) is 0.867. The molecule has 1 fully saturated rings. The maximum Gasteiger partial charge on any atom is 0.414 e. The highest BCUT2D eigenvalue weighted by molar-refractivity contribution is 5.02. The number of aliphatic hydroxyl groups excluding tert-OH is 1. The third-order valence-corrected chi connectivity index (χ3v) is 4.37. The van der Waals surface area contributed by atoms with Gasteiger partial charge in [0.15, 0.2) is 11.9 Å². The smallest absolute Gasteiger partial charge is 0.383 e. The molecule has 8 heteroatoms. The van der Waals surface area contributed by atoms with Gasteiger partial charge in [-0.15, -0.1) is 0 Å². The Kier molecular flexibility index (Phi) is 5.06. The van der Waals surface area contributed by atoms with E-state index in [1.165, 1.54) is 0 Å². The Bertz CT molecular complexity index is 517. The van der Waals surface area contributed by atoms with Crippen molar-refractivity contribution >= 4 is 0 Å². The van der Waals surface area contributed by atoms with Gasteiger partial charge in [-0.1, -0.05) is 25.9 Å². The molecule has 5 nitrogen and oxygen atoms in total. The summed E-state index contributed by atoms with van der Waals surface area (Å²) in [6, 6.07) is -0.150. The van der Waals surface area contributed by atoms with E-state index in [0.717, 1.165) is 0 Å². The third-order valence-electron chi connectivity index (χ3n) is 4.37. The number of rotatable bonds is 3. The number of alkyl halides is 3. The molecule has 0 amide bonds. The van der Waals surface area contributed by atoms with Gasteiger partial charge < -0.3 is 9.63 Å². The van der Waals surface area contributed by atoms with Crippen LogP contribution in [-0.2, 0) is 5.41 Å². The minimum Gasteiger partial charge on any atom is -0.383 e. The maximum absolute atomic E-state index is 12.6. The van der Waals surface area contributed by atoms with Crippen molar-refractivity contribution in [3.63, 3.8) is 0 Å². The van der Waals surface area contributed by atoms with Gasteiger partial charge >= 0.3 is 6.18 Å². The fourth-order valence-electron chi connectivity index (χ4n) is 2.76. The number of hydrogen-bond donors (Lipinski definition) is 1. The van der Waals surface area contributed by atoms with Gasteiger partial charge in [-0.05, 0) is 38.8 Å². The molecule has 2 unspecified atom stereocenters. The van der Waals surface area contributed by atoms with E-state index in [-0.39, 0.29) is 11.5 Å². The minimum atomic E-state index is -4.55. The molecule has 1 aliphatic rings. The first-order valence-corrected chi connectivity index (χ1v) is 7.83. The first-order valence-electron chi connectivity index (χ1n) is 7.83. The number of aliphatic hydroxyl groups is 1. The lowest BCUT2D eigenvalue weighted by atomic mass is 9.90. The zero-order chi connectivity index (χ0) is 17.4. The van der Waals surface area contributed by atoms with Gasteiger partial charge in [0.1, 0.15) is 0 Å². The van der Waals surface area contributed by atoms with Crippen LogP contribution < -0.4 is 0 Å². The summed E-state index contributed by atoms with van der Waals surface area (Å²) in [5, 5.41) is 13.3. The summed E-state index contributed by atoms with van der Waals surface area (Å²) >= 11 is 0. The zero-order valence-corrected chi connectivity index (χ0v) is 13.9. The van der Waals surface area contributed by atoms with E-state index in [1.807, 2.05) is 32.6 Å². The van der Waals surface area contributed by atoms with E-state index in [4.69, 9.17) is 4.52 Å². The van der Waals surface area contributed by atoms with E-state index in [0.29, 0.717) is 37.6 Å². The fourth-order valence-corrected chi connectivity index (χ4v) is 2.76. The Labute approximate surface area is 133 Å². The standard InChI is InChI=1S/C15H24F3N3O2/c1-9(12-19-13(20-23-12)14(2,3)4)21-7-5-10(6-8-21)11(22)15(16,17)18/h9-11,22H,5-8H2,1-4H3. The van der Waals surface area contributed by atoms with Gasteiger partial charge in [0.05, 0.1) is 6.04 Å². The van der Waals surface area contributed by atoms with E-state index in [9.17, 15) is 18.3 Å². The largest absolute Gasteiger partial charge is 0.414 e. The molecule has 1 aromatic rings. The lowest BCUT2D eigenvalue weighted by molar-refractivity contribution is -0.223. The predicted octanol–water partition coefficient (Wildman–Crippen LogP) is 3.06. The number of halogens is 3. The van der Waals surface area contributed by atoms with E-state index in [2.05, 4.69) is 10.1 Å². The Balaban J connectivity index is 1.96. The van der Waals surface area contributed by atoms with Crippen molar-refractivity contribution in [3.8, 4) is 0 Å². The topological polar surface area (TPSA) is 62.4 Å². The number of nitrogens with zero attached hydrogens (tertiary/aromatic N) is 3. The molecule has 0 aromatic carbocycles. The maximum atomic E-state index is 12.6. The first-order chi connectivity index (χ1) is 10.5. The summed E-state index contributed by atoms with van der Waals surface area (Å²) in [4.78, 5) is 6.41. The van der Waals surface area contributed by atoms with Crippen molar-refractivity contribution < 1.29 is 22.8 Å². The van der Waals surface area contributed by atoms with E-state index < -0.39 is 18.2 Å². The average Bonchev–Trinajstić information content (AvgIpc) is 2.95. The molecule has 2 atom stereocenters. The quantitative estimate of drug-likeness (QED) is 0.920. The Morgan fingerprint density at radius 2 is 1.78 bits per heavy atom. The minimum absolute atomic E-state index is 0.150. The van der Waals surface area contributed by atoms with Crippen LogP contribution in [0.1, 0.15) is 58.3 Å². The molecule has 2 rings (SSSR count). The summed E-state index contributed by atoms with van der Waals surface area (Å²) < 4.78 is 43.0. The number of aromatic nitrogens is 2. The molecule has 1 N–H and O–H groups in total. The van der Waals surface area contributed by atoms with Crippen LogP contribution in [0, 0.1) is 5.92 Å². The number of likely N-dealkylation sites (tertiary alicyclic amines) is 1. The molecule has 0 spiro atoms. The molecule has 2 heterocycles. The van der Waals surface area contributed by atoms with Crippen LogP contribution in [-0.4, -0.2) is 45.5 Å². The summed E-state index contributed by atoms with van der Waals surface area (Å²) in [5.41, 5.74) is -0.217. The van der Waals surface area contributed by atoms with Crippen molar-refractivity contribution in [2.24, 2.45) is 5.92 Å². The second-order valence-electron chi connectivity index (χ2n) is 7.24. The van der Waals surface area contributed by atoms with E-state index >= 15 is 0 Å². The van der Waals surface area contributed by atoms with Gasteiger partial charge in [0, 0.05) is 5.41 Å². The second kappa shape index (κ2) is 6.39. The third kappa shape index (κ3) is 4.23. The normalized spacial score (nSPS) is 21.4. The zero-order valence-electron chi connectivity index (χ0n) is 13.9. The monoisotopic (exact) mass is 335 g/mol. The van der Waals surface area contributed by atoms with Crippen molar-refractivity contribution in [3.05, 3.63) is 11.7 Å². The Morgan fingerprint density at radius 3 is 2.22 bits per heavy atom. The molecule has 132 valence electrons. The summed E-state index contributed by atoms with van der Waals surface area (Å²) in [7, 11) is 0. The van der Waals surface area contributed by atoms with Crippen LogP contribution >= 0.6 is 0 Å². The van der Waals surface area contributed by atoms with Gasteiger partial charge in [-0.2, -0.15) is 18.2 Å². The van der Waals surface area contributed by atoms with Crippen molar-refractivity contribution in [1.29, 1.82) is 0 Å². The summed E-state index contributed by atoms with van der Waals surface area (Å²) in [5.74, 6) is 0.345. The Hall–Kier alpha value is -1.15. The van der Waals surface area contributed by atoms with Crippen molar-refractivity contribution in [2.45, 2.75) is 64.3 Å². The van der Waals surface area contributed by atoms with Gasteiger partial charge in [0.2, 0.25) is 5.89 Å². The van der Waals surface area contributed by atoms with Crippen molar-refractivity contribution in [2.75, 3.05) is 13.1 Å². The molecule has 1 aromatic heterocycles.